The van der Waals surface area contributed by atoms with E-state index in [1.165, 1.54) is 17.0 Å². The van der Waals surface area contributed by atoms with Crippen molar-refractivity contribution < 1.29 is 23.8 Å². The molecule has 4 aromatic rings. The summed E-state index contributed by atoms with van der Waals surface area (Å²) in [6.07, 6.45) is 1.56. The number of hydrogen-bond donors (Lipinski definition) is 1. The van der Waals surface area contributed by atoms with Gasteiger partial charge in [-0.3, -0.25) is 4.90 Å². The Kier molecular flexibility index (Phi) is 10.5. The number of carbonyl (C=O) groups is 1. The number of anilines is 1. The SMILES string of the molecule is COc1cnc2c(c1)c(C(O)c1ccc(N(Cc3ccccc3Cl)C(=O)OC(C)(C)C)nc1F)cn2[Si](C(C)C)(C(C)C)C(C)C. The number of rotatable bonds is 10. The molecule has 0 saturated heterocycles. The summed E-state index contributed by atoms with van der Waals surface area (Å²) in [4.78, 5) is 23.5. The van der Waals surface area contributed by atoms with Gasteiger partial charge in [-0.15, -0.1) is 0 Å². The Labute approximate surface area is 277 Å². The second kappa shape index (κ2) is 13.7. The van der Waals surface area contributed by atoms with Crippen LogP contribution in [0.4, 0.5) is 15.0 Å². The molecule has 46 heavy (non-hydrogen) atoms. The van der Waals surface area contributed by atoms with E-state index >= 15 is 4.39 Å². The third-order valence-corrected chi connectivity index (χ3v) is 15.8. The van der Waals surface area contributed by atoms with Crippen molar-refractivity contribution in [2.24, 2.45) is 0 Å². The molecule has 0 saturated carbocycles. The molecule has 0 aliphatic heterocycles. The molecular formula is C35H46ClFN4O4Si. The fourth-order valence-electron chi connectivity index (χ4n) is 6.88. The maximum atomic E-state index is 16.0. The number of fused-ring (bicyclic) bond motifs is 1. The summed E-state index contributed by atoms with van der Waals surface area (Å²) in [6, 6.07) is 11.9. The number of ether oxygens (including phenoxy) is 2. The summed E-state index contributed by atoms with van der Waals surface area (Å²) in [5, 5.41) is 13.0. The summed E-state index contributed by atoms with van der Waals surface area (Å²) in [5.41, 5.74) is 2.12. The normalized spacial score (nSPS) is 13.1. The molecule has 1 amide bonds. The molecule has 1 N–H and O–H groups in total. The molecule has 0 spiro atoms. The maximum Gasteiger partial charge on any atom is 0.416 e. The first-order chi connectivity index (χ1) is 21.5. The van der Waals surface area contributed by atoms with Crippen molar-refractivity contribution in [3.05, 3.63) is 82.5 Å². The van der Waals surface area contributed by atoms with E-state index in [1.807, 2.05) is 12.3 Å². The Morgan fingerprint density at radius 3 is 2.22 bits per heavy atom. The van der Waals surface area contributed by atoms with Crippen molar-refractivity contribution in [2.45, 2.75) is 97.2 Å². The molecule has 0 aliphatic rings. The minimum absolute atomic E-state index is 0.00813. The highest BCUT2D eigenvalue weighted by Gasteiger charge is 2.46. The van der Waals surface area contributed by atoms with Gasteiger partial charge in [-0.05, 0) is 67.2 Å². The molecule has 11 heteroatoms. The zero-order valence-corrected chi connectivity index (χ0v) is 30.2. The monoisotopic (exact) mass is 668 g/mol. The van der Waals surface area contributed by atoms with Gasteiger partial charge in [-0.1, -0.05) is 71.3 Å². The van der Waals surface area contributed by atoms with Crippen molar-refractivity contribution in [1.29, 1.82) is 0 Å². The Morgan fingerprint density at radius 1 is 1.04 bits per heavy atom. The number of halogens is 2. The lowest BCUT2D eigenvalue weighted by atomic mass is 10.0. The van der Waals surface area contributed by atoms with E-state index in [1.54, 1.807) is 58.3 Å². The molecule has 1 atom stereocenters. The van der Waals surface area contributed by atoms with Crippen molar-refractivity contribution in [1.82, 2.24) is 14.2 Å². The highest BCUT2D eigenvalue weighted by atomic mass is 35.5. The predicted molar refractivity (Wildman–Crippen MR) is 185 cm³/mol. The molecule has 8 nitrogen and oxygen atoms in total. The number of benzene rings is 1. The van der Waals surface area contributed by atoms with Gasteiger partial charge in [0.15, 0.2) is 8.24 Å². The van der Waals surface area contributed by atoms with E-state index in [2.05, 4.69) is 50.8 Å². The van der Waals surface area contributed by atoms with Crippen LogP contribution < -0.4 is 9.64 Å². The van der Waals surface area contributed by atoms with Gasteiger partial charge in [-0.2, -0.15) is 4.39 Å². The van der Waals surface area contributed by atoms with E-state index in [4.69, 9.17) is 26.1 Å². The van der Waals surface area contributed by atoms with E-state index in [0.717, 1.165) is 5.65 Å². The van der Waals surface area contributed by atoms with Crippen LogP contribution in [0, 0.1) is 5.95 Å². The molecule has 3 heterocycles. The molecular weight excluding hydrogens is 623 g/mol. The topological polar surface area (TPSA) is 89.7 Å². The molecule has 0 aliphatic carbocycles. The number of nitrogens with zero attached hydrogens (tertiary/aromatic N) is 4. The Hall–Kier alpha value is -3.47. The lowest BCUT2D eigenvalue weighted by Crippen LogP contribution is -2.51. The van der Waals surface area contributed by atoms with Crippen molar-refractivity contribution in [2.75, 3.05) is 12.0 Å². The molecule has 0 radical (unpaired) electrons. The molecule has 1 unspecified atom stereocenters. The van der Waals surface area contributed by atoms with Crippen molar-refractivity contribution >= 4 is 42.8 Å². The molecule has 0 bridgehead atoms. The van der Waals surface area contributed by atoms with E-state index in [-0.39, 0.29) is 17.9 Å². The Bertz CT molecular complexity index is 1680. The summed E-state index contributed by atoms with van der Waals surface area (Å²) < 4.78 is 29.4. The predicted octanol–water partition coefficient (Wildman–Crippen LogP) is 9.28. The van der Waals surface area contributed by atoms with E-state index < -0.39 is 32.0 Å². The molecule has 3 aromatic heterocycles. The number of methoxy groups -OCH3 is 1. The zero-order valence-electron chi connectivity index (χ0n) is 28.4. The van der Waals surface area contributed by atoms with E-state index in [9.17, 15) is 9.90 Å². The molecule has 4 rings (SSSR count). The van der Waals surface area contributed by atoms with Crippen LogP contribution in [-0.4, -0.2) is 46.3 Å². The first kappa shape index (κ1) is 35.4. The van der Waals surface area contributed by atoms with Gasteiger partial charge in [0.05, 0.1) is 19.9 Å². The molecule has 1 aromatic carbocycles. The first-order valence-electron chi connectivity index (χ1n) is 15.7. The van der Waals surface area contributed by atoms with Crippen LogP contribution in [0.25, 0.3) is 11.0 Å². The lowest BCUT2D eigenvalue weighted by molar-refractivity contribution is 0.0576. The Morgan fingerprint density at radius 2 is 1.67 bits per heavy atom. The van der Waals surface area contributed by atoms with Crippen LogP contribution in [0.15, 0.2) is 54.9 Å². The van der Waals surface area contributed by atoms with Gasteiger partial charge < -0.3 is 18.8 Å². The summed E-state index contributed by atoms with van der Waals surface area (Å²) in [5.74, 6) is -0.347. The minimum Gasteiger partial charge on any atom is -0.495 e. The van der Waals surface area contributed by atoms with E-state index in [0.29, 0.717) is 43.9 Å². The minimum atomic E-state index is -2.31. The van der Waals surface area contributed by atoms with Crippen molar-refractivity contribution in [3.8, 4) is 5.75 Å². The van der Waals surface area contributed by atoms with Crippen LogP contribution in [0.1, 0.15) is 85.1 Å². The quantitative estimate of drug-likeness (QED) is 0.134. The van der Waals surface area contributed by atoms with Crippen LogP contribution in [-0.2, 0) is 11.3 Å². The van der Waals surface area contributed by atoms with Crippen LogP contribution in [0.5, 0.6) is 5.75 Å². The van der Waals surface area contributed by atoms with Crippen molar-refractivity contribution in [3.63, 3.8) is 0 Å². The maximum absolute atomic E-state index is 16.0. The third-order valence-electron chi connectivity index (χ3n) is 8.71. The highest BCUT2D eigenvalue weighted by Crippen LogP contribution is 2.46. The molecule has 0 fully saturated rings. The molecule has 248 valence electrons. The smallest absolute Gasteiger partial charge is 0.416 e. The van der Waals surface area contributed by atoms with Gasteiger partial charge in [-0.25, -0.2) is 14.8 Å². The first-order valence-corrected chi connectivity index (χ1v) is 18.2. The second-order valence-electron chi connectivity index (χ2n) is 13.7. The fraction of sp³-hybridized carbons (Fsp3) is 0.457. The van der Waals surface area contributed by atoms with Gasteiger partial charge >= 0.3 is 6.09 Å². The summed E-state index contributed by atoms with van der Waals surface area (Å²) in [7, 11) is -0.747. The number of hydrogen-bond acceptors (Lipinski definition) is 6. The van der Waals surface area contributed by atoms with Gasteiger partial charge in [0, 0.05) is 27.7 Å². The summed E-state index contributed by atoms with van der Waals surface area (Å²) >= 11 is 6.40. The second-order valence-corrected chi connectivity index (χ2v) is 19.8. The fourth-order valence-corrected chi connectivity index (χ4v) is 13.7. The number of amides is 1. The number of aliphatic hydroxyl groups excluding tert-OH is 1. The summed E-state index contributed by atoms with van der Waals surface area (Å²) in [6.45, 7) is 18.8. The lowest BCUT2D eigenvalue weighted by Gasteiger charge is -2.44. The van der Waals surface area contributed by atoms with Gasteiger partial charge in [0.25, 0.3) is 0 Å². The van der Waals surface area contributed by atoms with Gasteiger partial charge in [0.1, 0.15) is 28.9 Å². The largest absolute Gasteiger partial charge is 0.495 e. The van der Waals surface area contributed by atoms with Crippen LogP contribution in [0.3, 0.4) is 0 Å². The zero-order chi connectivity index (χ0) is 34.1. The number of aromatic nitrogens is 3. The average molecular weight is 669 g/mol. The standard InChI is InChI=1S/C35H46ClFN4O4Si/c1-21(2)46(22(3)4,23(5)6)41-20-28(27-17-25(44-10)18-38-33(27)41)31(42)26-15-16-30(39-32(26)37)40(34(43)45-35(7,8)9)19-24-13-11-12-14-29(24)36/h11-18,20-23,31,42H,19H2,1-10H3. The van der Waals surface area contributed by atoms with Crippen LogP contribution in [0.2, 0.25) is 21.6 Å². The van der Waals surface area contributed by atoms with Gasteiger partial charge in [0.2, 0.25) is 5.95 Å². The third kappa shape index (κ3) is 6.80. The van der Waals surface area contributed by atoms with Crippen LogP contribution >= 0.6 is 11.6 Å². The highest BCUT2D eigenvalue weighted by molar-refractivity contribution is 6.82. The number of pyridine rings is 2. The number of aliphatic hydroxyl groups is 1. The number of carbonyl (C=O) groups excluding carboxylic acids is 1. The Balaban J connectivity index is 1.84. The average Bonchev–Trinajstić information content (AvgIpc) is 3.33.